The molecule has 0 bridgehead atoms. The van der Waals surface area contributed by atoms with Gasteiger partial charge in [-0.2, -0.15) is 0 Å². The van der Waals surface area contributed by atoms with Gasteiger partial charge < -0.3 is 0 Å². The molecule has 18 heavy (non-hydrogen) atoms. The minimum absolute atomic E-state index is 0.117. The summed E-state index contributed by atoms with van der Waals surface area (Å²) in [6, 6.07) is 11.9. The van der Waals surface area contributed by atoms with Gasteiger partial charge in [-0.05, 0) is 36.6 Å². The first-order valence-electron chi connectivity index (χ1n) is 6.22. The van der Waals surface area contributed by atoms with E-state index in [0.29, 0.717) is 12.0 Å². The fourth-order valence-electron chi connectivity index (χ4n) is 1.81. The predicted octanol–water partition coefficient (Wildman–Crippen LogP) is 3.38. The summed E-state index contributed by atoms with van der Waals surface area (Å²) in [5, 5.41) is 0. The quantitative estimate of drug-likeness (QED) is 0.766. The second-order valence-corrected chi connectivity index (χ2v) is 4.46. The number of pyridine rings is 1. The average molecular weight is 239 g/mol. The van der Waals surface area contributed by atoms with Gasteiger partial charge in [-0.1, -0.05) is 31.2 Å². The van der Waals surface area contributed by atoms with Crippen molar-refractivity contribution in [1.82, 2.24) is 4.98 Å². The van der Waals surface area contributed by atoms with E-state index in [1.807, 2.05) is 31.2 Å². The Hall–Kier alpha value is -1.96. The molecule has 0 fully saturated rings. The van der Waals surface area contributed by atoms with E-state index in [9.17, 15) is 4.79 Å². The first-order chi connectivity index (χ1) is 8.69. The van der Waals surface area contributed by atoms with Crippen molar-refractivity contribution in [2.45, 2.75) is 26.7 Å². The molecule has 0 radical (unpaired) electrons. The molecule has 0 saturated carbocycles. The predicted molar refractivity (Wildman–Crippen MR) is 72.8 cm³/mol. The SMILES string of the molecule is CCc1ccc(CC(=O)c2ccc(C)nc2)cc1. The van der Waals surface area contributed by atoms with Gasteiger partial charge in [-0.25, -0.2) is 0 Å². The van der Waals surface area contributed by atoms with Crippen molar-refractivity contribution in [1.29, 1.82) is 0 Å². The number of hydrogen-bond donors (Lipinski definition) is 0. The van der Waals surface area contributed by atoms with Gasteiger partial charge in [0, 0.05) is 23.9 Å². The van der Waals surface area contributed by atoms with Gasteiger partial charge in [0.15, 0.2) is 5.78 Å². The summed E-state index contributed by atoms with van der Waals surface area (Å²) in [7, 11) is 0. The van der Waals surface area contributed by atoms with E-state index in [2.05, 4.69) is 24.0 Å². The van der Waals surface area contributed by atoms with E-state index in [1.165, 1.54) is 5.56 Å². The molecule has 0 aliphatic rings. The van der Waals surface area contributed by atoms with E-state index >= 15 is 0 Å². The van der Waals surface area contributed by atoms with Crippen LogP contribution in [0.15, 0.2) is 42.6 Å². The first kappa shape index (κ1) is 12.5. The summed E-state index contributed by atoms with van der Waals surface area (Å²) >= 11 is 0. The van der Waals surface area contributed by atoms with Crippen LogP contribution < -0.4 is 0 Å². The minimum atomic E-state index is 0.117. The Morgan fingerprint density at radius 2 is 1.72 bits per heavy atom. The molecule has 0 amide bonds. The van der Waals surface area contributed by atoms with E-state index in [4.69, 9.17) is 0 Å². The van der Waals surface area contributed by atoms with Crippen LogP contribution in [-0.2, 0) is 12.8 Å². The molecule has 0 N–H and O–H groups in total. The molecule has 0 spiro atoms. The van der Waals surface area contributed by atoms with E-state index in [0.717, 1.165) is 17.7 Å². The minimum Gasteiger partial charge on any atom is -0.294 e. The largest absolute Gasteiger partial charge is 0.294 e. The number of rotatable bonds is 4. The standard InChI is InChI=1S/C16H17NO/c1-3-13-5-7-14(8-6-13)10-16(18)15-9-4-12(2)17-11-15/h4-9,11H,3,10H2,1-2H3. The summed E-state index contributed by atoms with van der Waals surface area (Å²) in [4.78, 5) is 16.2. The zero-order valence-electron chi connectivity index (χ0n) is 10.8. The highest BCUT2D eigenvalue weighted by atomic mass is 16.1. The van der Waals surface area contributed by atoms with Crippen molar-refractivity contribution in [3.8, 4) is 0 Å². The Morgan fingerprint density at radius 1 is 1.06 bits per heavy atom. The van der Waals surface area contributed by atoms with Crippen molar-refractivity contribution < 1.29 is 4.79 Å². The second kappa shape index (κ2) is 5.58. The molecule has 92 valence electrons. The third-order valence-corrected chi connectivity index (χ3v) is 3.03. The number of aryl methyl sites for hydroxylation is 2. The molecule has 0 aliphatic heterocycles. The van der Waals surface area contributed by atoms with Crippen molar-refractivity contribution in [2.24, 2.45) is 0 Å². The highest BCUT2D eigenvalue weighted by Crippen LogP contribution is 2.09. The van der Waals surface area contributed by atoms with Gasteiger partial charge >= 0.3 is 0 Å². The lowest BCUT2D eigenvalue weighted by atomic mass is 10.0. The maximum absolute atomic E-state index is 12.0. The summed E-state index contributed by atoms with van der Waals surface area (Å²) in [6.07, 6.45) is 3.11. The molecular formula is C16H17NO. The zero-order valence-corrected chi connectivity index (χ0v) is 10.8. The van der Waals surface area contributed by atoms with Crippen molar-refractivity contribution in [3.05, 3.63) is 65.0 Å². The van der Waals surface area contributed by atoms with Crippen LogP contribution in [0.25, 0.3) is 0 Å². The summed E-state index contributed by atoms with van der Waals surface area (Å²) in [6.45, 7) is 4.04. The Bertz CT molecular complexity index is 526. The lowest BCUT2D eigenvalue weighted by molar-refractivity contribution is 0.0992. The number of ketones is 1. The fraction of sp³-hybridized carbons (Fsp3) is 0.250. The lowest BCUT2D eigenvalue weighted by Crippen LogP contribution is -2.04. The molecule has 2 heteroatoms. The zero-order chi connectivity index (χ0) is 13.0. The third kappa shape index (κ3) is 3.04. The van der Waals surface area contributed by atoms with Gasteiger partial charge in [-0.15, -0.1) is 0 Å². The monoisotopic (exact) mass is 239 g/mol. The molecular weight excluding hydrogens is 222 g/mol. The molecule has 0 atom stereocenters. The summed E-state index contributed by atoms with van der Waals surface area (Å²) < 4.78 is 0. The Kier molecular flexibility index (Phi) is 3.88. The molecule has 0 unspecified atom stereocenters. The lowest BCUT2D eigenvalue weighted by Gasteiger charge is -2.03. The Morgan fingerprint density at radius 3 is 2.28 bits per heavy atom. The van der Waals surface area contributed by atoms with Crippen molar-refractivity contribution in [3.63, 3.8) is 0 Å². The highest BCUT2D eigenvalue weighted by molar-refractivity contribution is 5.97. The smallest absolute Gasteiger partial charge is 0.168 e. The van der Waals surface area contributed by atoms with Crippen molar-refractivity contribution in [2.75, 3.05) is 0 Å². The number of carbonyl (C=O) groups is 1. The van der Waals surface area contributed by atoms with Crippen LogP contribution in [0.4, 0.5) is 0 Å². The molecule has 2 nitrogen and oxygen atoms in total. The Balaban J connectivity index is 2.08. The van der Waals surface area contributed by atoms with Crippen LogP contribution in [0.5, 0.6) is 0 Å². The molecule has 1 heterocycles. The van der Waals surface area contributed by atoms with E-state index < -0.39 is 0 Å². The molecule has 0 saturated heterocycles. The van der Waals surface area contributed by atoms with Crippen LogP contribution in [0.3, 0.4) is 0 Å². The molecule has 1 aromatic heterocycles. The number of Topliss-reactive ketones (excluding diaryl/α,β-unsaturated/α-hetero) is 1. The molecule has 1 aromatic carbocycles. The molecule has 2 aromatic rings. The van der Waals surface area contributed by atoms with Crippen LogP contribution in [0.2, 0.25) is 0 Å². The molecule has 2 rings (SSSR count). The Labute approximate surface area is 108 Å². The van der Waals surface area contributed by atoms with Gasteiger partial charge in [-0.3, -0.25) is 9.78 Å². The van der Waals surface area contributed by atoms with Crippen molar-refractivity contribution >= 4 is 5.78 Å². The second-order valence-electron chi connectivity index (χ2n) is 4.46. The van der Waals surface area contributed by atoms with E-state index in [-0.39, 0.29) is 5.78 Å². The van der Waals surface area contributed by atoms with Crippen LogP contribution >= 0.6 is 0 Å². The average Bonchev–Trinajstić information content (AvgIpc) is 2.40. The number of carbonyl (C=O) groups excluding carboxylic acids is 1. The summed E-state index contributed by atoms with van der Waals surface area (Å²) in [5.41, 5.74) is 3.96. The maximum atomic E-state index is 12.0. The van der Waals surface area contributed by atoms with Crippen LogP contribution in [0.1, 0.15) is 34.1 Å². The van der Waals surface area contributed by atoms with Crippen LogP contribution in [0, 0.1) is 6.92 Å². The van der Waals surface area contributed by atoms with Crippen LogP contribution in [-0.4, -0.2) is 10.8 Å². The topological polar surface area (TPSA) is 30.0 Å². The highest BCUT2D eigenvalue weighted by Gasteiger charge is 2.07. The summed E-state index contributed by atoms with van der Waals surface area (Å²) in [5.74, 6) is 0.117. The third-order valence-electron chi connectivity index (χ3n) is 3.03. The van der Waals surface area contributed by atoms with Gasteiger partial charge in [0.25, 0.3) is 0 Å². The number of aromatic nitrogens is 1. The number of hydrogen-bond acceptors (Lipinski definition) is 2. The fourth-order valence-corrected chi connectivity index (χ4v) is 1.81. The van der Waals surface area contributed by atoms with Gasteiger partial charge in [0.2, 0.25) is 0 Å². The normalized spacial score (nSPS) is 10.3. The number of benzene rings is 1. The molecule has 0 aliphatic carbocycles. The van der Waals surface area contributed by atoms with Gasteiger partial charge in [0.05, 0.1) is 0 Å². The number of nitrogens with zero attached hydrogens (tertiary/aromatic N) is 1. The van der Waals surface area contributed by atoms with E-state index in [1.54, 1.807) is 6.20 Å². The maximum Gasteiger partial charge on any atom is 0.168 e. The first-order valence-corrected chi connectivity index (χ1v) is 6.22. The van der Waals surface area contributed by atoms with Gasteiger partial charge in [0.1, 0.15) is 0 Å².